The van der Waals surface area contributed by atoms with Crippen molar-refractivity contribution in [3.8, 4) is 11.1 Å². The summed E-state index contributed by atoms with van der Waals surface area (Å²) in [4.78, 5) is 18.7. The summed E-state index contributed by atoms with van der Waals surface area (Å²) in [5, 5.41) is 2.87. The van der Waals surface area contributed by atoms with Crippen molar-refractivity contribution in [2.75, 3.05) is 29.9 Å². The van der Waals surface area contributed by atoms with Gasteiger partial charge in [-0.05, 0) is 55.5 Å². The summed E-state index contributed by atoms with van der Waals surface area (Å²) in [6.45, 7) is 6.42. The van der Waals surface area contributed by atoms with Crippen LogP contribution >= 0.6 is 0 Å². The minimum atomic E-state index is -4.54. The molecule has 1 aliphatic heterocycles. The third-order valence-corrected chi connectivity index (χ3v) is 5.47. The number of rotatable bonds is 7. The van der Waals surface area contributed by atoms with Gasteiger partial charge in [0.2, 0.25) is 11.9 Å². The molecule has 0 bridgehead atoms. The summed E-state index contributed by atoms with van der Waals surface area (Å²) in [6, 6.07) is 6.43. The van der Waals surface area contributed by atoms with E-state index in [1.165, 1.54) is 0 Å². The molecule has 1 atom stereocenters. The maximum atomic E-state index is 13.0. The topological polar surface area (TPSA) is 76.1 Å². The maximum Gasteiger partial charge on any atom is 0.433 e. The highest BCUT2D eigenvalue weighted by Gasteiger charge is 2.32. The third kappa shape index (κ3) is 5.99. The number of alkyl halides is 3. The molecule has 0 radical (unpaired) electrons. The second-order valence-corrected chi connectivity index (χ2v) is 8.33. The van der Waals surface area contributed by atoms with E-state index in [9.17, 15) is 13.2 Å². The SMILES string of the molecule is CCCOC1CCCN(c2ncc(-c3cc(C)cc(Nc4nccc(C(F)(F)F)n4)c3)cn2)C1. The maximum absolute atomic E-state index is 13.0. The molecule has 1 aromatic carbocycles. The van der Waals surface area contributed by atoms with Crippen LogP contribution < -0.4 is 10.2 Å². The van der Waals surface area contributed by atoms with Crippen LogP contribution in [-0.4, -0.2) is 45.7 Å². The van der Waals surface area contributed by atoms with E-state index in [4.69, 9.17) is 4.74 Å². The van der Waals surface area contributed by atoms with E-state index in [0.29, 0.717) is 11.6 Å². The van der Waals surface area contributed by atoms with Crippen molar-refractivity contribution in [1.29, 1.82) is 0 Å². The highest BCUT2D eigenvalue weighted by atomic mass is 19.4. The lowest BCUT2D eigenvalue weighted by atomic mass is 10.1. The zero-order valence-corrected chi connectivity index (χ0v) is 19.1. The first-order valence-corrected chi connectivity index (χ1v) is 11.3. The molecule has 7 nitrogen and oxygen atoms in total. The summed E-state index contributed by atoms with van der Waals surface area (Å²) in [7, 11) is 0. The number of nitrogens with one attached hydrogen (secondary N) is 1. The Hall–Kier alpha value is -3.27. The number of benzene rings is 1. The lowest BCUT2D eigenvalue weighted by molar-refractivity contribution is -0.141. The number of aromatic nitrogens is 4. The number of ether oxygens (including phenoxy) is 1. The number of halogens is 3. The average Bonchev–Trinajstić information content (AvgIpc) is 2.82. The number of anilines is 3. The smallest absolute Gasteiger partial charge is 0.376 e. The lowest BCUT2D eigenvalue weighted by Gasteiger charge is -2.32. The monoisotopic (exact) mass is 472 g/mol. The second-order valence-electron chi connectivity index (χ2n) is 8.33. The molecule has 2 aromatic heterocycles. The predicted octanol–water partition coefficient (Wildman–Crippen LogP) is 5.40. The predicted molar refractivity (Wildman–Crippen MR) is 124 cm³/mol. The molecule has 10 heteroatoms. The lowest BCUT2D eigenvalue weighted by Crippen LogP contribution is -2.40. The normalized spacial score (nSPS) is 16.5. The zero-order chi connectivity index (χ0) is 24.1. The van der Waals surface area contributed by atoms with Crippen molar-refractivity contribution in [1.82, 2.24) is 19.9 Å². The Morgan fingerprint density at radius 2 is 1.91 bits per heavy atom. The van der Waals surface area contributed by atoms with Crippen LogP contribution in [0, 0.1) is 6.92 Å². The van der Waals surface area contributed by atoms with Crippen LogP contribution in [0.1, 0.15) is 37.4 Å². The molecule has 34 heavy (non-hydrogen) atoms. The Bertz CT molecular complexity index is 1110. The Balaban J connectivity index is 1.50. The fraction of sp³-hybridized carbons (Fsp3) is 0.417. The standard InChI is InChI=1S/C24H27F3N6O/c1-3-9-34-20-5-4-8-33(15-20)23-29-13-18(14-30-23)17-10-16(2)11-19(12-17)31-22-28-7-6-21(32-22)24(25,26)27/h6-7,10-14,20H,3-5,8-9,15H2,1-2H3,(H,28,31,32). The molecule has 4 rings (SSSR count). The van der Waals surface area contributed by atoms with Gasteiger partial charge in [0.05, 0.1) is 6.10 Å². The fourth-order valence-electron chi connectivity index (χ4n) is 3.90. The van der Waals surface area contributed by atoms with Crippen LogP contribution in [0.25, 0.3) is 11.1 Å². The van der Waals surface area contributed by atoms with Gasteiger partial charge in [-0.1, -0.05) is 13.0 Å². The van der Waals surface area contributed by atoms with Crippen molar-refractivity contribution < 1.29 is 17.9 Å². The third-order valence-electron chi connectivity index (χ3n) is 5.47. The van der Waals surface area contributed by atoms with Crippen LogP contribution in [0.3, 0.4) is 0 Å². The van der Waals surface area contributed by atoms with Crippen LogP contribution in [0.2, 0.25) is 0 Å². The van der Waals surface area contributed by atoms with Crippen LogP contribution in [0.4, 0.5) is 30.8 Å². The van der Waals surface area contributed by atoms with E-state index in [1.54, 1.807) is 12.4 Å². The van der Waals surface area contributed by atoms with Crippen LogP contribution in [0.15, 0.2) is 42.9 Å². The molecule has 0 aliphatic carbocycles. The van der Waals surface area contributed by atoms with Gasteiger partial charge in [-0.3, -0.25) is 0 Å². The molecular formula is C24H27F3N6O. The Morgan fingerprint density at radius 1 is 1.12 bits per heavy atom. The van der Waals surface area contributed by atoms with Crippen molar-refractivity contribution in [2.24, 2.45) is 0 Å². The number of nitrogens with zero attached hydrogens (tertiary/aromatic N) is 5. The number of aryl methyl sites for hydroxylation is 1. The number of hydrogen-bond donors (Lipinski definition) is 1. The minimum Gasteiger partial charge on any atom is -0.376 e. The van der Waals surface area contributed by atoms with Gasteiger partial charge in [0, 0.05) is 49.5 Å². The van der Waals surface area contributed by atoms with Gasteiger partial charge in [0.15, 0.2) is 0 Å². The first kappa shape index (κ1) is 23.9. The highest BCUT2D eigenvalue weighted by molar-refractivity contribution is 5.70. The first-order valence-electron chi connectivity index (χ1n) is 11.3. The van der Waals surface area contributed by atoms with E-state index < -0.39 is 11.9 Å². The van der Waals surface area contributed by atoms with Crippen molar-refractivity contribution in [2.45, 2.75) is 45.4 Å². The summed E-state index contributed by atoms with van der Waals surface area (Å²) in [5.41, 5.74) is 2.13. The summed E-state index contributed by atoms with van der Waals surface area (Å²) in [6.07, 6.45) is 3.34. The van der Waals surface area contributed by atoms with Gasteiger partial charge in [0.1, 0.15) is 5.69 Å². The molecule has 0 spiro atoms. The largest absolute Gasteiger partial charge is 0.433 e. The van der Waals surface area contributed by atoms with Gasteiger partial charge < -0.3 is 15.0 Å². The molecule has 1 unspecified atom stereocenters. The van der Waals surface area contributed by atoms with Gasteiger partial charge in [-0.2, -0.15) is 13.2 Å². The zero-order valence-electron chi connectivity index (χ0n) is 19.1. The molecule has 3 heterocycles. The highest BCUT2D eigenvalue weighted by Crippen LogP contribution is 2.29. The average molecular weight is 473 g/mol. The van der Waals surface area contributed by atoms with E-state index in [0.717, 1.165) is 67.9 Å². The van der Waals surface area contributed by atoms with Gasteiger partial charge in [-0.25, -0.2) is 19.9 Å². The molecule has 1 aliphatic rings. The molecule has 1 saturated heterocycles. The molecular weight excluding hydrogens is 445 g/mol. The van der Waals surface area contributed by atoms with Crippen molar-refractivity contribution in [3.05, 3.63) is 54.1 Å². The van der Waals surface area contributed by atoms with Crippen LogP contribution in [0.5, 0.6) is 0 Å². The fourth-order valence-corrected chi connectivity index (χ4v) is 3.90. The Morgan fingerprint density at radius 3 is 2.65 bits per heavy atom. The van der Waals surface area contributed by atoms with Gasteiger partial charge >= 0.3 is 6.18 Å². The van der Waals surface area contributed by atoms with E-state index in [-0.39, 0.29) is 12.1 Å². The molecule has 0 amide bonds. The second kappa shape index (κ2) is 10.3. The van der Waals surface area contributed by atoms with Gasteiger partial charge in [0.25, 0.3) is 0 Å². The molecule has 180 valence electrons. The van der Waals surface area contributed by atoms with E-state index in [1.807, 2.05) is 25.1 Å². The minimum absolute atomic E-state index is 0.122. The quantitative estimate of drug-likeness (QED) is 0.493. The molecule has 1 N–H and O–H groups in total. The molecule has 1 fully saturated rings. The van der Waals surface area contributed by atoms with E-state index in [2.05, 4.69) is 37.1 Å². The van der Waals surface area contributed by atoms with E-state index >= 15 is 0 Å². The van der Waals surface area contributed by atoms with Crippen molar-refractivity contribution in [3.63, 3.8) is 0 Å². The first-order chi connectivity index (χ1) is 16.3. The molecule has 3 aromatic rings. The number of piperidine rings is 1. The van der Waals surface area contributed by atoms with Crippen molar-refractivity contribution >= 4 is 17.6 Å². The summed E-state index contributed by atoms with van der Waals surface area (Å²) >= 11 is 0. The molecule has 0 saturated carbocycles. The Kier molecular flexibility index (Phi) is 7.26. The van der Waals surface area contributed by atoms with Gasteiger partial charge in [-0.15, -0.1) is 0 Å². The van der Waals surface area contributed by atoms with Crippen LogP contribution in [-0.2, 0) is 10.9 Å². The Labute approximate surface area is 196 Å². The summed E-state index contributed by atoms with van der Waals surface area (Å²) < 4.78 is 44.8. The number of hydrogen-bond acceptors (Lipinski definition) is 7. The summed E-state index contributed by atoms with van der Waals surface area (Å²) in [5.74, 6) is 0.542.